The molecule has 3 atom stereocenters. The van der Waals surface area contributed by atoms with E-state index >= 15 is 0 Å². The van der Waals surface area contributed by atoms with Crippen molar-refractivity contribution in [3.05, 3.63) is 35.4 Å². The molecule has 0 spiro atoms. The minimum atomic E-state index is -2.55. The maximum atomic E-state index is 7.26. The van der Waals surface area contributed by atoms with Crippen LogP contribution in [-0.2, 0) is 17.7 Å². The average molecular weight is 451 g/mol. The number of fused-ring (bicyclic) bond motifs is 1. The molecule has 6 heteroatoms. The molecule has 2 aliphatic rings. The van der Waals surface area contributed by atoms with Crippen LogP contribution in [0.15, 0.2) is 24.3 Å². The van der Waals surface area contributed by atoms with Crippen LogP contribution in [0.25, 0.3) is 0 Å². The van der Waals surface area contributed by atoms with Crippen molar-refractivity contribution in [2.75, 3.05) is 6.61 Å². The monoisotopic (exact) mass is 450 g/mol. The quantitative estimate of drug-likeness (QED) is 0.463. The first-order valence-corrected chi connectivity index (χ1v) is 15.7. The van der Waals surface area contributed by atoms with Crippen molar-refractivity contribution in [2.45, 2.75) is 109 Å². The molecule has 0 bridgehead atoms. The van der Waals surface area contributed by atoms with Gasteiger partial charge in [0, 0.05) is 6.42 Å². The van der Waals surface area contributed by atoms with E-state index in [1.54, 1.807) is 0 Å². The molecule has 0 amide bonds. The van der Waals surface area contributed by atoms with Crippen LogP contribution in [-0.4, -0.2) is 35.9 Å². The number of ether oxygens (including phenoxy) is 1. The van der Waals surface area contributed by atoms with Crippen molar-refractivity contribution in [1.82, 2.24) is 0 Å². The minimum Gasteiger partial charge on any atom is -0.414 e. The molecule has 3 rings (SSSR count). The molecule has 2 heterocycles. The van der Waals surface area contributed by atoms with Crippen LogP contribution in [0.1, 0.15) is 79.0 Å². The van der Waals surface area contributed by atoms with Gasteiger partial charge in [-0.1, -0.05) is 79.7 Å². The Morgan fingerprint density at radius 3 is 1.90 bits per heavy atom. The van der Waals surface area contributed by atoms with Crippen LogP contribution in [0.2, 0.25) is 22.2 Å². The van der Waals surface area contributed by atoms with Crippen LogP contribution in [0.4, 0.5) is 0 Å². The first kappa shape index (κ1) is 24.1. The lowest BCUT2D eigenvalue weighted by Gasteiger charge is -2.51. The second-order valence-electron chi connectivity index (χ2n) is 10.4. The smallest absolute Gasteiger partial charge is 0.335 e. The summed E-state index contributed by atoms with van der Waals surface area (Å²) in [4.78, 5) is 0. The highest BCUT2D eigenvalue weighted by atomic mass is 28.5. The summed E-state index contributed by atoms with van der Waals surface area (Å²) in [5, 5.41) is 0. The molecule has 0 radical (unpaired) electrons. The Kier molecular flexibility index (Phi) is 7.37. The summed E-state index contributed by atoms with van der Waals surface area (Å²) < 4.78 is 27.8. The van der Waals surface area contributed by atoms with E-state index in [4.69, 9.17) is 17.7 Å². The van der Waals surface area contributed by atoms with Crippen molar-refractivity contribution in [3.63, 3.8) is 0 Å². The van der Waals surface area contributed by atoms with Crippen molar-refractivity contribution in [2.24, 2.45) is 0 Å². The van der Waals surface area contributed by atoms with Gasteiger partial charge in [0.15, 0.2) is 0 Å². The summed E-state index contributed by atoms with van der Waals surface area (Å²) in [6.07, 6.45) is 0.918. The third kappa shape index (κ3) is 4.24. The average Bonchev–Trinajstić information content (AvgIpc) is 3.03. The van der Waals surface area contributed by atoms with Gasteiger partial charge in [0.05, 0.1) is 18.8 Å². The first-order chi connectivity index (χ1) is 14.0. The Morgan fingerprint density at radius 2 is 1.37 bits per heavy atom. The lowest BCUT2D eigenvalue weighted by molar-refractivity contribution is -0.0386. The molecule has 2 fully saturated rings. The molecule has 0 aromatic heterocycles. The van der Waals surface area contributed by atoms with Crippen LogP contribution in [0.5, 0.6) is 0 Å². The fourth-order valence-electron chi connectivity index (χ4n) is 5.30. The molecule has 0 N–H and O–H groups in total. The maximum Gasteiger partial charge on any atom is 0.335 e. The van der Waals surface area contributed by atoms with Gasteiger partial charge in [-0.2, -0.15) is 0 Å². The van der Waals surface area contributed by atoms with E-state index < -0.39 is 17.1 Å². The lowest BCUT2D eigenvalue weighted by Crippen LogP contribution is -2.65. The highest BCUT2D eigenvalue weighted by Gasteiger charge is 2.60. The molecule has 4 nitrogen and oxygen atoms in total. The minimum absolute atomic E-state index is 0.0254. The molecule has 30 heavy (non-hydrogen) atoms. The summed E-state index contributed by atoms with van der Waals surface area (Å²) in [6.45, 7) is 20.9. The third-order valence-corrected chi connectivity index (χ3v) is 17.4. The van der Waals surface area contributed by atoms with Gasteiger partial charge in [0.1, 0.15) is 6.10 Å². The second-order valence-corrected chi connectivity index (χ2v) is 19.2. The number of benzene rings is 1. The van der Waals surface area contributed by atoms with Gasteiger partial charge in [-0.05, 0) is 40.2 Å². The predicted molar refractivity (Wildman–Crippen MR) is 127 cm³/mol. The highest BCUT2D eigenvalue weighted by Crippen LogP contribution is 2.48. The number of aryl methyl sites for hydroxylation is 1. The molecule has 0 saturated carbocycles. The van der Waals surface area contributed by atoms with Gasteiger partial charge in [-0.3, -0.25) is 0 Å². The normalized spacial score (nSPS) is 28.8. The number of hydrogen-bond acceptors (Lipinski definition) is 4. The molecule has 1 aromatic carbocycles. The van der Waals surface area contributed by atoms with Crippen LogP contribution in [0, 0.1) is 6.92 Å². The Balaban J connectivity index is 2.01. The topological polar surface area (TPSA) is 36.9 Å². The SMILES string of the molecule is Cc1ccccc1[C@H]1C[C@@H]2O[Si](C(C)C)(C(C)C)O[Si](C(C)C)(C(C)C)OC[C@H]2O1. The van der Waals surface area contributed by atoms with E-state index in [1.165, 1.54) is 11.1 Å². The molecule has 2 saturated heterocycles. The van der Waals surface area contributed by atoms with Gasteiger partial charge >= 0.3 is 17.1 Å². The van der Waals surface area contributed by atoms with E-state index in [-0.39, 0.29) is 18.3 Å². The molecular formula is C24H42O4Si2. The second kappa shape index (κ2) is 9.16. The Hall–Kier alpha value is -0.506. The maximum absolute atomic E-state index is 7.26. The molecular weight excluding hydrogens is 408 g/mol. The fraction of sp³-hybridized carbons (Fsp3) is 0.750. The van der Waals surface area contributed by atoms with Gasteiger partial charge in [-0.25, -0.2) is 0 Å². The Labute approximate surface area is 186 Å². The van der Waals surface area contributed by atoms with Gasteiger partial charge in [-0.15, -0.1) is 0 Å². The molecule has 2 aliphatic heterocycles. The van der Waals surface area contributed by atoms with Gasteiger partial charge in [0.2, 0.25) is 0 Å². The molecule has 0 aliphatic carbocycles. The van der Waals surface area contributed by atoms with E-state index in [0.717, 1.165) is 6.42 Å². The molecule has 170 valence electrons. The highest BCUT2D eigenvalue weighted by molar-refractivity contribution is 6.83. The van der Waals surface area contributed by atoms with Crippen LogP contribution < -0.4 is 0 Å². The standard InChI is InChI=1S/C24H42O4Si2/c1-16(2)29(17(3)4)25-15-24-23(27-30(28-29,18(5)6)19(7)8)14-22(26-24)21-13-11-10-12-20(21)9/h10-13,16-19,22-24H,14-15H2,1-9H3/t22-,23+,24-/m1/s1. The van der Waals surface area contributed by atoms with Gasteiger partial charge in [0.25, 0.3) is 0 Å². The van der Waals surface area contributed by atoms with Crippen molar-refractivity contribution < 1.29 is 17.7 Å². The summed E-state index contributed by atoms with van der Waals surface area (Å²) in [5.41, 5.74) is 3.96. The largest absolute Gasteiger partial charge is 0.414 e. The number of rotatable bonds is 5. The van der Waals surface area contributed by atoms with Crippen molar-refractivity contribution in [3.8, 4) is 0 Å². The number of hydrogen-bond donors (Lipinski definition) is 0. The van der Waals surface area contributed by atoms with Gasteiger partial charge < -0.3 is 17.7 Å². The first-order valence-electron chi connectivity index (χ1n) is 11.8. The van der Waals surface area contributed by atoms with E-state index in [1.807, 2.05) is 0 Å². The zero-order valence-electron chi connectivity index (χ0n) is 20.4. The zero-order chi connectivity index (χ0) is 22.3. The summed E-state index contributed by atoms with van der Waals surface area (Å²) in [6, 6.07) is 8.54. The van der Waals surface area contributed by atoms with E-state index in [9.17, 15) is 0 Å². The third-order valence-electron chi connectivity index (χ3n) is 7.08. The molecule has 1 aromatic rings. The van der Waals surface area contributed by atoms with E-state index in [2.05, 4.69) is 86.6 Å². The fourth-order valence-corrected chi connectivity index (χ4v) is 16.5. The zero-order valence-corrected chi connectivity index (χ0v) is 22.4. The van der Waals surface area contributed by atoms with Crippen molar-refractivity contribution >= 4 is 17.1 Å². The summed E-state index contributed by atoms with van der Waals surface area (Å²) in [7, 11) is -5.05. The predicted octanol–water partition coefficient (Wildman–Crippen LogP) is 6.78. The van der Waals surface area contributed by atoms with Crippen molar-refractivity contribution in [1.29, 1.82) is 0 Å². The van der Waals surface area contributed by atoms with E-state index in [0.29, 0.717) is 28.8 Å². The lowest BCUT2D eigenvalue weighted by atomic mass is 10.0. The summed E-state index contributed by atoms with van der Waals surface area (Å²) in [5.74, 6) is 0. The Bertz CT molecular complexity index is 703. The summed E-state index contributed by atoms with van der Waals surface area (Å²) >= 11 is 0. The van der Waals surface area contributed by atoms with Crippen LogP contribution in [0.3, 0.4) is 0 Å². The van der Waals surface area contributed by atoms with Crippen LogP contribution >= 0.6 is 0 Å². The Morgan fingerprint density at radius 1 is 0.800 bits per heavy atom. The molecule has 0 unspecified atom stereocenters.